The first-order chi connectivity index (χ1) is 15.3. The second-order valence-corrected chi connectivity index (χ2v) is 8.58. The van der Waals surface area contributed by atoms with Gasteiger partial charge in [-0.05, 0) is 29.8 Å². The maximum Gasteiger partial charge on any atom is 0.417 e. The molecule has 0 aliphatic carbocycles. The van der Waals surface area contributed by atoms with Crippen LogP contribution in [-0.2, 0) is 11.0 Å². The highest BCUT2D eigenvalue weighted by Crippen LogP contribution is 2.40. The van der Waals surface area contributed by atoms with Crippen LogP contribution in [0.4, 0.5) is 19.0 Å². The van der Waals surface area contributed by atoms with Gasteiger partial charge in [0.2, 0.25) is 5.75 Å². The molecular weight excluding hydrogens is 463 g/mol. The molecule has 0 saturated carbocycles. The van der Waals surface area contributed by atoms with Crippen molar-refractivity contribution in [1.82, 2.24) is 4.98 Å². The monoisotopic (exact) mass is 483 g/mol. The van der Waals surface area contributed by atoms with E-state index in [9.17, 15) is 23.1 Å². The van der Waals surface area contributed by atoms with Crippen molar-refractivity contribution in [3.05, 3.63) is 46.1 Å². The molecule has 33 heavy (non-hydrogen) atoms. The standard InChI is InChI=1S/C22H21ClF3N3O4/c1-21(2,3)18-13(6-11-7-15(32-4)17(30)16(8-11)33-5)20(31)29(28-18)19-14(23)9-12(10-27-19)22(24,25)26/h6-10,30H,1-5H3. The molecular formula is C22H21ClF3N3O4. The highest BCUT2D eigenvalue weighted by atomic mass is 35.5. The number of phenolic OH excluding ortho intramolecular Hbond substituents is 1. The fourth-order valence-corrected chi connectivity index (χ4v) is 3.39. The second-order valence-electron chi connectivity index (χ2n) is 8.17. The molecule has 1 aliphatic rings. The van der Waals surface area contributed by atoms with Crippen LogP contribution in [0.3, 0.4) is 0 Å². The van der Waals surface area contributed by atoms with Crippen molar-refractivity contribution in [2.24, 2.45) is 10.5 Å². The molecule has 1 aliphatic heterocycles. The third-order valence-electron chi connectivity index (χ3n) is 4.75. The lowest BCUT2D eigenvalue weighted by Crippen LogP contribution is -2.24. The number of methoxy groups -OCH3 is 2. The molecule has 176 valence electrons. The Kier molecular flexibility index (Phi) is 6.34. The van der Waals surface area contributed by atoms with E-state index in [1.807, 2.05) is 20.8 Å². The summed E-state index contributed by atoms with van der Waals surface area (Å²) in [5, 5.41) is 15.0. The smallest absolute Gasteiger partial charge is 0.417 e. The molecule has 1 aromatic carbocycles. The number of phenols is 1. The van der Waals surface area contributed by atoms with Gasteiger partial charge in [0.1, 0.15) is 0 Å². The number of aromatic hydroxyl groups is 1. The Hall–Kier alpha value is -3.27. The summed E-state index contributed by atoms with van der Waals surface area (Å²) < 4.78 is 49.2. The van der Waals surface area contributed by atoms with Gasteiger partial charge < -0.3 is 14.6 Å². The average molecular weight is 484 g/mol. The quantitative estimate of drug-likeness (QED) is 0.596. The molecule has 0 saturated heterocycles. The van der Waals surface area contributed by atoms with Crippen LogP contribution in [0, 0.1) is 5.41 Å². The van der Waals surface area contributed by atoms with Crippen LogP contribution in [-0.4, -0.2) is 35.9 Å². The third kappa shape index (κ3) is 4.75. The minimum absolute atomic E-state index is 0.130. The Morgan fingerprint density at radius 1 is 1.09 bits per heavy atom. The Labute approximate surface area is 193 Å². The summed E-state index contributed by atoms with van der Waals surface area (Å²) in [6.45, 7) is 5.49. The predicted molar refractivity (Wildman–Crippen MR) is 118 cm³/mol. The lowest BCUT2D eigenvalue weighted by molar-refractivity contribution is -0.137. The summed E-state index contributed by atoms with van der Waals surface area (Å²) in [7, 11) is 2.74. The molecule has 1 aromatic heterocycles. The molecule has 2 aromatic rings. The molecule has 1 amide bonds. The second kappa shape index (κ2) is 8.58. The van der Waals surface area contributed by atoms with E-state index in [0.717, 1.165) is 5.01 Å². The maximum absolute atomic E-state index is 13.3. The minimum Gasteiger partial charge on any atom is -0.502 e. The summed E-state index contributed by atoms with van der Waals surface area (Å²) in [6.07, 6.45) is -2.51. The van der Waals surface area contributed by atoms with E-state index in [2.05, 4.69) is 10.1 Å². The lowest BCUT2D eigenvalue weighted by Gasteiger charge is -2.18. The summed E-state index contributed by atoms with van der Waals surface area (Å²) in [5.41, 5.74) is -0.636. The van der Waals surface area contributed by atoms with Crippen molar-refractivity contribution in [2.45, 2.75) is 26.9 Å². The minimum atomic E-state index is -4.63. The molecule has 0 bridgehead atoms. The molecule has 0 atom stereocenters. The Morgan fingerprint density at radius 3 is 2.12 bits per heavy atom. The Bertz CT molecular complexity index is 1150. The van der Waals surface area contributed by atoms with Crippen LogP contribution >= 0.6 is 11.6 Å². The van der Waals surface area contributed by atoms with Crippen LogP contribution in [0.1, 0.15) is 31.9 Å². The summed E-state index contributed by atoms with van der Waals surface area (Å²) in [6, 6.07) is 3.70. The summed E-state index contributed by atoms with van der Waals surface area (Å²) >= 11 is 6.04. The summed E-state index contributed by atoms with van der Waals surface area (Å²) in [4.78, 5) is 17.0. The van der Waals surface area contributed by atoms with E-state index in [1.54, 1.807) is 0 Å². The van der Waals surface area contributed by atoms with Gasteiger partial charge in [-0.25, -0.2) is 4.98 Å². The number of benzene rings is 1. The van der Waals surface area contributed by atoms with Gasteiger partial charge in [-0.1, -0.05) is 32.4 Å². The van der Waals surface area contributed by atoms with Crippen molar-refractivity contribution in [3.8, 4) is 17.2 Å². The van der Waals surface area contributed by atoms with Crippen LogP contribution in [0.5, 0.6) is 17.2 Å². The molecule has 7 nitrogen and oxygen atoms in total. The number of alkyl halides is 3. The number of aromatic nitrogens is 1. The van der Waals surface area contributed by atoms with Gasteiger partial charge in [0.25, 0.3) is 5.91 Å². The van der Waals surface area contributed by atoms with Gasteiger partial charge in [-0.3, -0.25) is 4.79 Å². The summed E-state index contributed by atoms with van der Waals surface area (Å²) in [5.74, 6) is -0.789. The van der Waals surface area contributed by atoms with Crippen molar-refractivity contribution in [2.75, 3.05) is 19.2 Å². The normalized spacial score (nSPS) is 15.8. The molecule has 11 heteroatoms. The number of ether oxygens (including phenoxy) is 2. The molecule has 0 fully saturated rings. The molecule has 2 heterocycles. The zero-order valence-electron chi connectivity index (χ0n) is 18.4. The number of amides is 1. The van der Waals surface area contributed by atoms with E-state index in [4.69, 9.17) is 21.1 Å². The van der Waals surface area contributed by atoms with Crippen LogP contribution in [0.25, 0.3) is 6.08 Å². The average Bonchev–Trinajstić information content (AvgIpc) is 3.04. The number of carbonyl (C=O) groups is 1. The number of rotatable bonds is 4. The number of anilines is 1. The molecule has 0 unspecified atom stereocenters. The van der Waals surface area contributed by atoms with E-state index in [1.165, 1.54) is 32.4 Å². The van der Waals surface area contributed by atoms with E-state index in [0.29, 0.717) is 23.5 Å². The van der Waals surface area contributed by atoms with E-state index in [-0.39, 0.29) is 33.7 Å². The Morgan fingerprint density at radius 2 is 1.67 bits per heavy atom. The number of hydrogen-bond donors (Lipinski definition) is 1. The van der Waals surface area contributed by atoms with Crippen molar-refractivity contribution in [3.63, 3.8) is 0 Å². The highest BCUT2D eigenvalue weighted by Gasteiger charge is 2.39. The SMILES string of the molecule is COc1cc(C=C2C(=O)N(c3ncc(C(F)(F)F)cc3Cl)N=C2C(C)(C)C)cc(OC)c1O. The van der Waals surface area contributed by atoms with Gasteiger partial charge in [0, 0.05) is 11.6 Å². The molecule has 1 N–H and O–H groups in total. The van der Waals surface area contributed by atoms with Crippen LogP contribution in [0.2, 0.25) is 5.02 Å². The zero-order valence-corrected chi connectivity index (χ0v) is 19.2. The van der Waals surface area contributed by atoms with Gasteiger partial charge in [0.05, 0.1) is 36.1 Å². The first kappa shape index (κ1) is 24.4. The van der Waals surface area contributed by atoms with Crippen molar-refractivity contribution >= 4 is 35.1 Å². The zero-order chi connectivity index (χ0) is 24.7. The lowest BCUT2D eigenvalue weighted by atomic mass is 9.85. The van der Waals surface area contributed by atoms with Crippen molar-refractivity contribution < 1.29 is 32.5 Å². The predicted octanol–water partition coefficient (Wildman–Crippen LogP) is 5.31. The largest absolute Gasteiger partial charge is 0.502 e. The van der Waals surface area contributed by atoms with E-state index < -0.39 is 23.1 Å². The van der Waals surface area contributed by atoms with Gasteiger partial charge >= 0.3 is 6.18 Å². The molecule has 3 rings (SSSR count). The molecule has 0 radical (unpaired) electrons. The maximum atomic E-state index is 13.3. The molecule has 0 spiro atoms. The fourth-order valence-electron chi connectivity index (χ4n) is 3.15. The van der Waals surface area contributed by atoms with Crippen LogP contribution in [0.15, 0.2) is 35.1 Å². The van der Waals surface area contributed by atoms with Gasteiger partial charge in [-0.15, -0.1) is 0 Å². The number of hydrogen-bond acceptors (Lipinski definition) is 6. The number of halogens is 4. The third-order valence-corrected chi connectivity index (χ3v) is 5.03. The van der Waals surface area contributed by atoms with Gasteiger partial charge in [0.15, 0.2) is 17.3 Å². The fraction of sp³-hybridized carbons (Fsp3) is 0.318. The Balaban J connectivity index is 2.12. The number of carbonyl (C=O) groups excluding carboxylic acids is 1. The number of hydrazone groups is 1. The number of pyridine rings is 1. The number of nitrogens with zero attached hydrogens (tertiary/aromatic N) is 3. The van der Waals surface area contributed by atoms with Crippen LogP contribution < -0.4 is 14.5 Å². The first-order valence-corrected chi connectivity index (χ1v) is 9.99. The van der Waals surface area contributed by atoms with Crippen molar-refractivity contribution in [1.29, 1.82) is 0 Å². The first-order valence-electron chi connectivity index (χ1n) is 9.61. The van der Waals surface area contributed by atoms with Gasteiger partial charge in [-0.2, -0.15) is 23.3 Å². The highest BCUT2D eigenvalue weighted by molar-refractivity contribution is 6.37. The van der Waals surface area contributed by atoms with E-state index >= 15 is 0 Å². The topological polar surface area (TPSA) is 84.2 Å².